The van der Waals surface area contributed by atoms with Gasteiger partial charge < -0.3 is 10.6 Å². The lowest BCUT2D eigenvalue weighted by molar-refractivity contribution is -0.146. The fraction of sp³-hybridized carbons (Fsp3) is 0.730. The zero-order valence-corrected chi connectivity index (χ0v) is 32.1. The number of carbonyl (C=O) groups is 6. The van der Waals surface area contributed by atoms with Gasteiger partial charge in [-0.1, -0.05) is 85.6 Å². The summed E-state index contributed by atoms with van der Waals surface area (Å²) >= 11 is 1.01. The summed E-state index contributed by atoms with van der Waals surface area (Å²) in [5.74, 6) is -5.79. The van der Waals surface area contributed by atoms with Crippen LogP contribution in [-0.4, -0.2) is 72.3 Å². The minimum absolute atomic E-state index is 0.0326. The van der Waals surface area contributed by atoms with Crippen LogP contribution >= 0.6 is 11.3 Å². The van der Waals surface area contributed by atoms with Gasteiger partial charge in [0.1, 0.15) is 9.99 Å². The predicted octanol–water partition coefficient (Wildman–Crippen LogP) is 5.16. The molecule has 0 radical (unpaired) electrons. The second kappa shape index (κ2) is 15.8. The Labute approximate surface area is 301 Å². The zero-order valence-electron chi connectivity index (χ0n) is 30.4. The van der Waals surface area contributed by atoms with Crippen molar-refractivity contribution in [1.29, 1.82) is 0 Å². The third-order valence-corrected chi connectivity index (χ3v) is 14.6. The summed E-state index contributed by atoms with van der Waals surface area (Å²) in [5, 5.41) is 1.62. The highest BCUT2D eigenvalue weighted by atomic mass is 32.2. The molecule has 1 unspecified atom stereocenters. The molecule has 4 rings (SSSR count). The van der Waals surface area contributed by atoms with Gasteiger partial charge in [-0.05, 0) is 47.0 Å². The van der Waals surface area contributed by atoms with Crippen LogP contribution in [0.15, 0.2) is 21.7 Å². The number of primary amides is 1. The molecule has 1 aromatic heterocycles. The van der Waals surface area contributed by atoms with Crippen LogP contribution in [0.4, 0.5) is 0 Å². The molecule has 1 saturated carbocycles. The number of hydrogen-bond donors (Lipinski definition) is 1. The molecule has 0 aromatic carbocycles. The van der Waals surface area contributed by atoms with Crippen LogP contribution in [0.5, 0.6) is 0 Å². The second-order valence-corrected chi connectivity index (χ2v) is 19.5. The van der Waals surface area contributed by atoms with Crippen LogP contribution < -0.4 is 5.73 Å². The first-order chi connectivity index (χ1) is 23.3. The van der Waals surface area contributed by atoms with Gasteiger partial charge in [0.05, 0.1) is 12.0 Å². The van der Waals surface area contributed by atoms with Gasteiger partial charge in [-0.15, -0.1) is 11.3 Å². The van der Waals surface area contributed by atoms with Crippen molar-refractivity contribution < 1.29 is 37.2 Å². The summed E-state index contributed by atoms with van der Waals surface area (Å²) in [6, 6.07) is 2.27. The van der Waals surface area contributed by atoms with Crippen LogP contribution in [0, 0.1) is 40.4 Å². The molecule has 3 aliphatic rings. The number of thiophene rings is 1. The number of Topliss-reactive ketones (excluding diaryl/α,β-unsaturated/α-hetero) is 3. The molecular formula is C37H55N3O8S2. The largest absolute Gasteiger partial charge is 0.363 e. The van der Waals surface area contributed by atoms with Crippen molar-refractivity contribution in [2.75, 3.05) is 13.6 Å². The van der Waals surface area contributed by atoms with Crippen molar-refractivity contribution in [1.82, 2.24) is 9.21 Å². The number of carbonyl (C=O) groups excluding carboxylic acids is 6. The van der Waals surface area contributed by atoms with E-state index in [-0.39, 0.29) is 58.2 Å². The minimum atomic E-state index is -4.09. The lowest BCUT2D eigenvalue weighted by Gasteiger charge is -2.34. The molecule has 6 atom stereocenters. The van der Waals surface area contributed by atoms with Crippen LogP contribution in [0.3, 0.4) is 0 Å². The number of nitrogens with zero attached hydrogens (tertiary/aromatic N) is 2. The molecular weight excluding hydrogens is 679 g/mol. The first-order valence-corrected chi connectivity index (χ1v) is 20.4. The van der Waals surface area contributed by atoms with E-state index >= 15 is 0 Å². The highest BCUT2D eigenvalue weighted by Crippen LogP contribution is 2.65. The number of sulfonamides is 1. The quantitative estimate of drug-likeness (QED) is 0.340. The van der Waals surface area contributed by atoms with E-state index in [1.807, 2.05) is 0 Å². The zero-order chi connectivity index (χ0) is 37.2. The van der Waals surface area contributed by atoms with Gasteiger partial charge in [-0.3, -0.25) is 28.8 Å². The van der Waals surface area contributed by atoms with Crippen molar-refractivity contribution in [3.05, 3.63) is 17.5 Å². The summed E-state index contributed by atoms with van der Waals surface area (Å²) in [4.78, 5) is 82.3. The van der Waals surface area contributed by atoms with E-state index in [1.165, 1.54) is 13.1 Å². The number of rotatable bonds is 9. The van der Waals surface area contributed by atoms with Crippen LogP contribution in [0.25, 0.3) is 0 Å². The Kier molecular flexibility index (Phi) is 12.6. The van der Waals surface area contributed by atoms with Crippen LogP contribution in [0.1, 0.15) is 112 Å². The fourth-order valence-corrected chi connectivity index (χ4v) is 10.5. The molecule has 1 aromatic rings. The topological polar surface area (TPSA) is 169 Å². The lowest BCUT2D eigenvalue weighted by Crippen LogP contribution is -2.49. The van der Waals surface area contributed by atoms with E-state index in [0.29, 0.717) is 25.8 Å². The van der Waals surface area contributed by atoms with E-state index in [2.05, 4.69) is 13.8 Å². The van der Waals surface area contributed by atoms with Gasteiger partial charge in [-0.25, -0.2) is 12.7 Å². The first kappa shape index (κ1) is 39.8. The third-order valence-electron chi connectivity index (χ3n) is 11.5. The molecule has 3 heterocycles. The predicted molar refractivity (Wildman–Crippen MR) is 190 cm³/mol. The van der Waals surface area contributed by atoms with E-state index in [1.54, 1.807) is 37.1 Å². The Morgan fingerprint density at radius 1 is 1.02 bits per heavy atom. The maximum Gasteiger partial charge on any atom is 0.285 e. The molecule has 13 heteroatoms. The van der Waals surface area contributed by atoms with E-state index < -0.39 is 56.8 Å². The summed E-state index contributed by atoms with van der Waals surface area (Å²) in [6.07, 6.45) is 6.37. The maximum absolute atomic E-state index is 14.4. The van der Waals surface area contributed by atoms with E-state index in [0.717, 1.165) is 54.2 Å². The molecule has 50 heavy (non-hydrogen) atoms. The van der Waals surface area contributed by atoms with E-state index in [4.69, 9.17) is 5.73 Å². The second-order valence-electron chi connectivity index (χ2n) is 16.3. The van der Waals surface area contributed by atoms with E-state index in [9.17, 15) is 37.2 Å². The molecule has 3 amide bonds. The Morgan fingerprint density at radius 3 is 2.18 bits per heavy atom. The number of amides is 3. The number of fused-ring (bicyclic) bond motifs is 3. The Bertz CT molecular complexity index is 1560. The lowest BCUT2D eigenvalue weighted by atomic mass is 9.76. The van der Waals surface area contributed by atoms with Gasteiger partial charge in [0, 0.05) is 44.7 Å². The van der Waals surface area contributed by atoms with Gasteiger partial charge in [-0.2, -0.15) is 0 Å². The number of ketones is 3. The number of piperidine rings is 1. The molecule has 278 valence electrons. The molecule has 2 N–H and O–H groups in total. The summed E-state index contributed by atoms with van der Waals surface area (Å²) < 4.78 is 27.1. The van der Waals surface area contributed by atoms with Gasteiger partial charge in [0.25, 0.3) is 15.9 Å². The molecule has 3 fully saturated rings. The van der Waals surface area contributed by atoms with Crippen molar-refractivity contribution in [3.63, 3.8) is 0 Å². The number of hydrogen-bond acceptors (Lipinski definition) is 9. The van der Waals surface area contributed by atoms with Crippen molar-refractivity contribution in [3.8, 4) is 0 Å². The molecule has 11 nitrogen and oxygen atoms in total. The average molecular weight is 734 g/mol. The molecule has 1 aliphatic carbocycles. The molecule has 0 bridgehead atoms. The minimum Gasteiger partial charge on any atom is -0.363 e. The van der Waals surface area contributed by atoms with Crippen molar-refractivity contribution >= 4 is 56.4 Å². The highest BCUT2D eigenvalue weighted by molar-refractivity contribution is 7.91. The SMILES string of the molecule is CN(C(=O)C(CC(=O)C[C@H]1CCCCCCCCC[C@@H](C(=O)C(N)=O)CC(=O)[C@@H]2[C@@H]3[C@H](CN2C1=O)C3(C)C)C(C)(C)C)S(=O)(=O)c1cccs1. The Hall–Kier alpha value is -2.93. The smallest absolute Gasteiger partial charge is 0.285 e. The Morgan fingerprint density at radius 2 is 1.62 bits per heavy atom. The van der Waals surface area contributed by atoms with Gasteiger partial charge in [0.2, 0.25) is 17.6 Å². The fourth-order valence-electron chi connectivity index (χ4n) is 8.22. The maximum atomic E-state index is 14.4. The summed E-state index contributed by atoms with van der Waals surface area (Å²) in [6.45, 7) is 9.88. The Balaban J connectivity index is 1.58. The van der Waals surface area contributed by atoms with Gasteiger partial charge >= 0.3 is 0 Å². The monoisotopic (exact) mass is 733 g/mol. The highest BCUT2D eigenvalue weighted by Gasteiger charge is 2.69. The third kappa shape index (κ3) is 8.74. The van der Waals surface area contributed by atoms with Crippen LogP contribution in [0.2, 0.25) is 0 Å². The first-order valence-electron chi connectivity index (χ1n) is 18.0. The van der Waals surface area contributed by atoms with Crippen LogP contribution in [-0.2, 0) is 38.8 Å². The van der Waals surface area contributed by atoms with Gasteiger partial charge in [0.15, 0.2) is 5.78 Å². The van der Waals surface area contributed by atoms with Crippen molar-refractivity contribution in [2.45, 2.75) is 122 Å². The summed E-state index contributed by atoms with van der Waals surface area (Å²) in [5.41, 5.74) is 4.45. The van der Waals surface area contributed by atoms with Crippen molar-refractivity contribution in [2.24, 2.45) is 46.2 Å². The standard InChI is InChI=1S/C37H55N3O8S2/c1-36(2,3)26(35(46)39(6)50(47,48)29-17-14-18-49-29)21-25(41)19-24-16-13-11-9-7-8-10-12-15-23(32(43)33(38)44)20-28(42)31-30-27(37(30,4)5)22-40(31)34(24)45/h14,17-18,23-24,26-27,30-31H,7-13,15-16,19-22H2,1-6H3,(H2,38,44)/t23-,24-,26?,27+,30+,31-/m1/s1. The summed E-state index contributed by atoms with van der Waals surface area (Å²) in [7, 11) is -2.88. The normalized spacial score (nSPS) is 27.2. The average Bonchev–Trinajstić information content (AvgIpc) is 3.50. The molecule has 2 saturated heterocycles. The molecule has 2 aliphatic heterocycles. The number of nitrogens with two attached hydrogens (primary N) is 1. The molecule has 0 spiro atoms.